The Kier molecular flexibility index (Phi) is 4.45. The van der Waals surface area contributed by atoms with Crippen molar-refractivity contribution in [1.82, 2.24) is 4.98 Å². The number of aromatic nitrogens is 1. The molecule has 1 aromatic heterocycles. The third-order valence-electron chi connectivity index (χ3n) is 2.41. The number of hydrogen-bond acceptors (Lipinski definition) is 5. The number of anilines is 1. The lowest BCUT2D eigenvalue weighted by atomic mass is 10.3. The minimum absolute atomic E-state index is 0.0461. The molecule has 2 aromatic rings. The zero-order valence-corrected chi connectivity index (χ0v) is 13.3. The molecule has 1 heterocycles. The van der Waals surface area contributed by atoms with Crippen molar-refractivity contribution in [2.24, 2.45) is 0 Å². The van der Waals surface area contributed by atoms with Gasteiger partial charge in [-0.05, 0) is 40.2 Å². The molecule has 0 aliphatic rings. The number of nitro groups is 1. The molecule has 0 atom stereocenters. The highest BCUT2D eigenvalue weighted by molar-refractivity contribution is 9.10. The summed E-state index contributed by atoms with van der Waals surface area (Å²) >= 11 is 8.75. The van der Waals surface area contributed by atoms with Gasteiger partial charge in [-0.3, -0.25) is 14.8 Å². The van der Waals surface area contributed by atoms with Crippen molar-refractivity contribution in [3.63, 3.8) is 0 Å². The summed E-state index contributed by atoms with van der Waals surface area (Å²) in [4.78, 5) is 13.7. The highest BCUT2D eigenvalue weighted by atomic mass is 79.9. The summed E-state index contributed by atoms with van der Waals surface area (Å²) in [6.45, 7) is 0. The van der Waals surface area contributed by atoms with Gasteiger partial charge in [0.1, 0.15) is 10.0 Å². The van der Waals surface area contributed by atoms with Crippen LogP contribution in [0.15, 0.2) is 45.9 Å². The van der Waals surface area contributed by atoms with E-state index in [9.17, 15) is 18.5 Å². The first kappa shape index (κ1) is 15.7. The van der Waals surface area contributed by atoms with Crippen LogP contribution >= 0.6 is 27.5 Å². The van der Waals surface area contributed by atoms with E-state index in [0.717, 1.165) is 6.07 Å². The summed E-state index contributed by atoms with van der Waals surface area (Å²) in [6.07, 6.45) is 1.35. The smallest absolute Gasteiger partial charge is 0.279 e. The van der Waals surface area contributed by atoms with Crippen molar-refractivity contribution in [3.8, 4) is 0 Å². The molecule has 10 heteroatoms. The Morgan fingerprint density at radius 2 is 2.05 bits per heavy atom. The van der Waals surface area contributed by atoms with E-state index >= 15 is 0 Å². The molecule has 0 aliphatic heterocycles. The Morgan fingerprint density at radius 1 is 1.33 bits per heavy atom. The van der Waals surface area contributed by atoms with Crippen molar-refractivity contribution < 1.29 is 13.3 Å². The molecule has 0 saturated carbocycles. The van der Waals surface area contributed by atoms with Crippen LogP contribution in [0, 0.1) is 10.1 Å². The number of nitro benzene ring substituents is 1. The summed E-state index contributed by atoms with van der Waals surface area (Å²) in [5.41, 5.74) is -0.211. The van der Waals surface area contributed by atoms with Gasteiger partial charge < -0.3 is 0 Å². The average molecular weight is 393 g/mol. The molecule has 0 amide bonds. The maximum absolute atomic E-state index is 12.2. The Bertz CT molecular complexity index is 813. The molecule has 1 aromatic carbocycles. The van der Waals surface area contributed by atoms with Crippen LogP contribution in [0.1, 0.15) is 0 Å². The fourth-order valence-corrected chi connectivity index (χ4v) is 3.39. The van der Waals surface area contributed by atoms with Crippen LogP contribution in [0.3, 0.4) is 0 Å². The molecular formula is C11H7BrClN3O4S. The summed E-state index contributed by atoms with van der Waals surface area (Å²) < 4.78 is 26.8. The van der Waals surface area contributed by atoms with Gasteiger partial charge in [-0.15, -0.1) is 0 Å². The Labute approximate surface area is 133 Å². The Morgan fingerprint density at radius 3 is 2.67 bits per heavy atom. The topological polar surface area (TPSA) is 102 Å². The van der Waals surface area contributed by atoms with E-state index in [4.69, 9.17) is 11.6 Å². The molecule has 0 bridgehead atoms. The molecule has 0 radical (unpaired) electrons. The summed E-state index contributed by atoms with van der Waals surface area (Å²) in [7, 11) is -3.98. The SMILES string of the molecule is O=[N+]([O-])c1cc(NS(=O)(=O)c2cccnc2Cl)ccc1Br. The molecule has 7 nitrogen and oxygen atoms in total. The molecule has 0 saturated heterocycles. The van der Waals surface area contributed by atoms with E-state index in [-0.39, 0.29) is 25.9 Å². The average Bonchev–Trinajstić information content (AvgIpc) is 2.40. The van der Waals surface area contributed by atoms with Crippen LogP contribution < -0.4 is 4.72 Å². The number of nitrogens with one attached hydrogen (secondary N) is 1. The molecular weight excluding hydrogens is 386 g/mol. The number of pyridine rings is 1. The highest BCUT2D eigenvalue weighted by Gasteiger charge is 2.20. The van der Waals surface area contributed by atoms with Crippen molar-refractivity contribution in [3.05, 3.63) is 56.3 Å². The largest absolute Gasteiger partial charge is 0.285 e. The predicted molar refractivity (Wildman–Crippen MR) is 80.9 cm³/mol. The van der Waals surface area contributed by atoms with Crippen molar-refractivity contribution in [1.29, 1.82) is 0 Å². The van der Waals surface area contributed by atoms with Gasteiger partial charge in [0.05, 0.1) is 15.1 Å². The molecule has 0 fully saturated rings. The lowest BCUT2D eigenvalue weighted by Gasteiger charge is -2.09. The molecule has 110 valence electrons. The number of nitrogens with zero attached hydrogens (tertiary/aromatic N) is 2. The minimum atomic E-state index is -3.98. The van der Waals surface area contributed by atoms with Crippen LogP contribution in [0.5, 0.6) is 0 Å². The predicted octanol–water partition coefficient (Wildman–Crippen LogP) is 3.21. The minimum Gasteiger partial charge on any atom is -0.279 e. The normalized spacial score (nSPS) is 11.1. The van der Waals surface area contributed by atoms with Crippen LogP contribution in [0.4, 0.5) is 11.4 Å². The maximum Gasteiger partial charge on any atom is 0.285 e. The van der Waals surface area contributed by atoms with Gasteiger partial charge in [-0.1, -0.05) is 11.6 Å². The van der Waals surface area contributed by atoms with Gasteiger partial charge >= 0.3 is 0 Å². The van der Waals surface area contributed by atoms with Crippen LogP contribution in [-0.4, -0.2) is 18.3 Å². The van der Waals surface area contributed by atoms with Crippen LogP contribution in [-0.2, 0) is 10.0 Å². The third-order valence-corrected chi connectivity index (χ3v) is 4.91. The number of rotatable bonds is 4. The number of halogens is 2. The van der Waals surface area contributed by atoms with E-state index in [1.54, 1.807) is 0 Å². The van der Waals surface area contributed by atoms with Gasteiger partial charge in [0.15, 0.2) is 0 Å². The first-order valence-corrected chi connectivity index (χ1v) is 8.04. The van der Waals surface area contributed by atoms with Gasteiger partial charge in [-0.25, -0.2) is 13.4 Å². The second-order valence-corrected chi connectivity index (χ2v) is 6.68. The highest BCUT2D eigenvalue weighted by Crippen LogP contribution is 2.29. The lowest BCUT2D eigenvalue weighted by Crippen LogP contribution is -2.14. The molecule has 0 spiro atoms. The third kappa shape index (κ3) is 3.49. The van der Waals surface area contributed by atoms with E-state index in [1.807, 2.05) is 0 Å². The van der Waals surface area contributed by atoms with Gasteiger partial charge in [0.2, 0.25) is 0 Å². The molecule has 2 rings (SSSR count). The number of hydrogen-bond donors (Lipinski definition) is 1. The molecule has 0 aliphatic carbocycles. The van der Waals surface area contributed by atoms with E-state index in [0.29, 0.717) is 0 Å². The second-order valence-electron chi connectivity index (χ2n) is 3.82. The second kappa shape index (κ2) is 5.96. The summed E-state index contributed by atoms with van der Waals surface area (Å²) in [5, 5.41) is 10.6. The quantitative estimate of drug-likeness (QED) is 0.489. The monoisotopic (exact) mass is 391 g/mol. The standard InChI is InChI=1S/C11H7BrClN3O4S/c12-8-4-3-7(6-9(8)16(17)18)15-21(19,20)10-2-1-5-14-11(10)13/h1-6,15H. The maximum atomic E-state index is 12.2. The number of sulfonamides is 1. The Hall–Kier alpha value is -1.71. The number of benzene rings is 1. The summed E-state index contributed by atoms with van der Waals surface area (Å²) in [6, 6.07) is 6.57. The lowest BCUT2D eigenvalue weighted by molar-refractivity contribution is -0.385. The van der Waals surface area contributed by atoms with Crippen molar-refractivity contribution in [2.75, 3.05) is 4.72 Å². The van der Waals surface area contributed by atoms with Gasteiger partial charge in [0.25, 0.3) is 15.7 Å². The van der Waals surface area contributed by atoms with Crippen LogP contribution in [0.25, 0.3) is 0 Å². The van der Waals surface area contributed by atoms with Crippen molar-refractivity contribution in [2.45, 2.75) is 4.90 Å². The van der Waals surface area contributed by atoms with Crippen molar-refractivity contribution >= 4 is 48.9 Å². The molecule has 1 N–H and O–H groups in total. The fourth-order valence-electron chi connectivity index (χ4n) is 1.50. The van der Waals surface area contributed by atoms with E-state index < -0.39 is 14.9 Å². The first-order valence-electron chi connectivity index (χ1n) is 5.38. The van der Waals surface area contributed by atoms with Gasteiger partial charge in [0, 0.05) is 12.3 Å². The van der Waals surface area contributed by atoms with E-state index in [1.165, 1.54) is 30.5 Å². The fraction of sp³-hybridized carbons (Fsp3) is 0. The zero-order chi connectivity index (χ0) is 15.6. The first-order chi connectivity index (χ1) is 9.81. The van der Waals surface area contributed by atoms with Gasteiger partial charge in [-0.2, -0.15) is 0 Å². The molecule has 21 heavy (non-hydrogen) atoms. The molecule has 0 unspecified atom stereocenters. The van der Waals surface area contributed by atoms with Crippen LogP contribution in [0.2, 0.25) is 5.15 Å². The van der Waals surface area contributed by atoms with E-state index in [2.05, 4.69) is 25.6 Å². The zero-order valence-electron chi connectivity index (χ0n) is 10.2. The summed E-state index contributed by atoms with van der Waals surface area (Å²) in [5.74, 6) is 0. The Balaban J connectivity index is 2.40.